The summed E-state index contributed by atoms with van der Waals surface area (Å²) in [5, 5.41) is 4.37. The van der Waals surface area contributed by atoms with Crippen LogP contribution in [-0.2, 0) is 19.5 Å². The third-order valence-corrected chi connectivity index (χ3v) is 2.13. The van der Waals surface area contributed by atoms with Crippen molar-refractivity contribution in [2.75, 3.05) is 0 Å². The van der Waals surface area contributed by atoms with Crippen molar-refractivity contribution < 1.29 is 19.5 Å². The van der Waals surface area contributed by atoms with E-state index in [0.29, 0.717) is 0 Å². The average Bonchev–Trinajstić information content (AvgIpc) is 2.33. The molecule has 11 heavy (non-hydrogen) atoms. The molecule has 0 aliphatic rings. The molecule has 1 aromatic carbocycles. The Morgan fingerprint density at radius 1 is 1.18 bits per heavy atom. The van der Waals surface area contributed by atoms with Crippen molar-refractivity contribution in [1.29, 1.82) is 0 Å². The van der Waals surface area contributed by atoms with E-state index in [9.17, 15) is 0 Å². The fraction of sp³-hybridized carbons (Fsp3) is 0. The molecule has 0 aliphatic heterocycles. The van der Waals surface area contributed by atoms with Gasteiger partial charge in [-0.2, -0.15) is 11.5 Å². The molecule has 0 saturated heterocycles. The molecule has 0 fully saturated rings. The summed E-state index contributed by atoms with van der Waals surface area (Å²) in [4.78, 5) is 0. The van der Waals surface area contributed by atoms with E-state index in [1.807, 2.05) is 18.2 Å². The predicted molar refractivity (Wildman–Crippen MR) is 47.9 cm³/mol. The van der Waals surface area contributed by atoms with Gasteiger partial charge in [-0.3, -0.25) is 11.3 Å². The average molecular weight is 235 g/mol. The van der Waals surface area contributed by atoms with Gasteiger partial charge in [-0.25, -0.2) is 0 Å². The summed E-state index contributed by atoms with van der Waals surface area (Å²) < 4.78 is 1.32. The normalized spacial score (nSPS) is 8.36. The van der Waals surface area contributed by atoms with Gasteiger partial charge in [0.15, 0.2) is 0 Å². The molecule has 0 aliphatic carbocycles. The van der Waals surface area contributed by atoms with E-state index in [0.717, 1.165) is 0 Å². The SMILES string of the molecule is Cl.[Zn].[c-]1cc2ccccc2s1. The van der Waals surface area contributed by atoms with E-state index >= 15 is 0 Å². The van der Waals surface area contributed by atoms with Crippen molar-refractivity contribution in [1.82, 2.24) is 0 Å². The summed E-state index contributed by atoms with van der Waals surface area (Å²) in [7, 11) is 0. The Morgan fingerprint density at radius 3 is 2.64 bits per heavy atom. The molecule has 0 amide bonds. The largest absolute Gasteiger partial charge is 0.296 e. The predicted octanol–water partition coefficient (Wildman–Crippen LogP) is 3.12. The van der Waals surface area contributed by atoms with Gasteiger partial charge in [-0.1, -0.05) is 12.1 Å². The van der Waals surface area contributed by atoms with E-state index in [1.54, 1.807) is 11.3 Å². The summed E-state index contributed by atoms with van der Waals surface area (Å²) in [6.07, 6.45) is 0. The van der Waals surface area contributed by atoms with Gasteiger partial charge in [0.2, 0.25) is 0 Å². The first-order valence-corrected chi connectivity index (χ1v) is 3.63. The fourth-order valence-electron chi connectivity index (χ4n) is 0.849. The van der Waals surface area contributed by atoms with E-state index in [4.69, 9.17) is 0 Å². The zero-order valence-corrected chi connectivity index (χ0v) is 10.5. The molecule has 1 heterocycles. The van der Waals surface area contributed by atoms with Crippen molar-refractivity contribution >= 4 is 33.8 Å². The van der Waals surface area contributed by atoms with Gasteiger partial charge < -0.3 is 0 Å². The molecule has 2 rings (SSSR count). The van der Waals surface area contributed by atoms with Crippen molar-refractivity contribution in [3.8, 4) is 0 Å². The molecule has 2 aromatic rings. The molecule has 0 spiro atoms. The van der Waals surface area contributed by atoms with E-state index in [-0.39, 0.29) is 31.9 Å². The van der Waals surface area contributed by atoms with Crippen LogP contribution in [0.1, 0.15) is 0 Å². The van der Waals surface area contributed by atoms with Crippen LogP contribution in [0.4, 0.5) is 0 Å². The van der Waals surface area contributed by atoms with Crippen molar-refractivity contribution in [3.05, 3.63) is 35.7 Å². The third kappa shape index (κ3) is 2.26. The molecule has 0 saturated carbocycles. The first-order chi connectivity index (χ1) is 4.47. The van der Waals surface area contributed by atoms with Gasteiger partial charge >= 0.3 is 0 Å². The second kappa shape index (κ2) is 4.87. The van der Waals surface area contributed by atoms with Crippen molar-refractivity contribution in [2.45, 2.75) is 0 Å². The number of halogens is 1. The Hall–Kier alpha value is 0.0934. The minimum atomic E-state index is 0. The molecular formula is C8H6ClSZn-. The molecule has 3 heteroatoms. The first kappa shape index (κ1) is 11.1. The van der Waals surface area contributed by atoms with Gasteiger partial charge in [0.25, 0.3) is 0 Å². The quantitative estimate of drug-likeness (QED) is 0.486. The van der Waals surface area contributed by atoms with Gasteiger partial charge in [0, 0.05) is 19.5 Å². The minimum Gasteiger partial charge on any atom is -0.296 e. The molecule has 0 radical (unpaired) electrons. The van der Waals surface area contributed by atoms with Gasteiger partial charge in [0.1, 0.15) is 0 Å². The number of fused-ring (bicyclic) bond motifs is 1. The number of hydrogen-bond acceptors (Lipinski definition) is 1. The minimum absolute atomic E-state index is 0. The van der Waals surface area contributed by atoms with Crippen LogP contribution in [0, 0.1) is 5.38 Å². The summed E-state index contributed by atoms with van der Waals surface area (Å²) >= 11 is 1.66. The van der Waals surface area contributed by atoms with Crippen molar-refractivity contribution in [3.63, 3.8) is 0 Å². The van der Waals surface area contributed by atoms with Crippen LogP contribution in [0.15, 0.2) is 30.3 Å². The molecule has 1 aromatic heterocycles. The molecule has 0 N–H and O–H groups in total. The second-order valence-electron chi connectivity index (χ2n) is 1.90. The van der Waals surface area contributed by atoms with Gasteiger partial charge in [-0.05, 0) is 0 Å². The van der Waals surface area contributed by atoms with Crippen molar-refractivity contribution in [2.24, 2.45) is 0 Å². The third-order valence-electron chi connectivity index (χ3n) is 1.30. The molecule has 54 valence electrons. The summed E-state index contributed by atoms with van der Waals surface area (Å²) in [6, 6.07) is 10.3. The monoisotopic (exact) mass is 233 g/mol. The van der Waals surface area contributed by atoms with Crippen LogP contribution in [0.5, 0.6) is 0 Å². The number of hydrogen-bond donors (Lipinski definition) is 0. The zero-order valence-electron chi connectivity index (χ0n) is 5.91. The second-order valence-corrected chi connectivity index (χ2v) is 2.78. The molecule has 0 unspecified atom stereocenters. The molecular weight excluding hydrogens is 229 g/mol. The Bertz CT molecular complexity index is 288. The zero-order chi connectivity index (χ0) is 6.10. The van der Waals surface area contributed by atoms with Gasteiger partial charge in [0.05, 0.1) is 0 Å². The maximum absolute atomic E-state index is 3.08. The van der Waals surface area contributed by atoms with Crippen LogP contribution in [0.25, 0.3) is 10.1 Å². The van der Waals surface area contributed by atoms with E-state index in [2.05, 4.69) is 17.5 Å². The first-order valence-electron chi connectivity index (χ1n) is 2.81. The standard InChI is InChI=1S/C8H5S.ClH.Zn/c1-2-4-8-7(3-1)5-6-9-8;;/h1-5H;1H;/q-1;;. The smallest absolute Gasteiger partial charge is 0 e. The Balaban J connectivity index is 0.000000500. The summed E-state index contributed by atoms with van der Waals surface area (Å²) in [5.74, 6) is 0. The molecule has 0 atom stereocenters. The molecule has 0 bridgehead atoms. The number of benzene rings is 1. The maximum Gasteiger partial charge on any atom is 0 e. The maximum atomic E-state index is 3.08. The Morgan fingerprint density at radius 2 is 1.91 bits per heavy atom. The Labute approximate surface area is 88.8 Å². The number of thiophene rings is 1. The van der Waals surface area contributed by atoms with Crippen LogP contribution >= 0.6 is 23.7 Å². The van der Waals surface area contributed by atoms with Crippen LogP contribution in [0.2, 0.25) is 0 Å². The number of rotatable bonds is 0. The van der Waals surface area contributed by atoms with Crippen LogP contribution < -0.4 is 0 Å². The summed E-state index contributed by atoms with van der Waals surface area (Å²) in [6.45, 7) is 0. The van der Waals surface area contributed by atoms with Crippen LogP contribution in [0.3, 0.4) is 0 Å². The van der Waals surface area contributed by atoms with Crippen LogP contribution in [-0.4, -0.2) is 0 Å². The Kier molecular flexibility index (Phi) is 4.91. The molecule has 0 nitrogen and oxygen atoms in total. The topological polar surface area (TPSA) is 0 Å². The van der Waals surface area contributed by atoms with Gasteiger partial charge in [-0.15, -0.1) is 34.6 Å². The van der Waals surface area contributed by atoms with E-state index in [1.165, 1.54) is 10.1 Å². The summed E-state index contributed by atoms with van der Waals surface area (Å²) in [5.41, 5.74) is 0. The van der Waals surface area contributed by atoms with E-state index < -0.39 is 0 Å². The fourth-order valence-corrected chi connectivity index (χ4v) is 1.55.